The number of amides is 1. The number of piperidine rings is 1. The number of carbonyl (C=O) groups excluding carboxylic acids is 1. The van der Waals surface area contributed by atoms with Crippen LogP contribution >= 0.6 is 15.9 Å². The molecule has 1 amide bonds. The molecule has 120 valence electrons. The van der Waals surface area contributed by atoms with E-state index < -0.39 is 0 Å². The lowest BCUT2D eigenvalue weighted by Gasteiger charge is -2.32. The van der Waals surface area contributed by atoms with Gasteiger partial charge in [0.15, 0.2) is 0 Å². The fourth-order valence-electron chi connectivity index (χ4n) is 2.77. The fraction of sp³-hybridized carbons (Fsp3) is 0.353. The molecule has 0 spiro atoms. The smallest absolute Gasteiger partial charge is 0.227 e. The Kier molecular flexibility index (Phi) is 4.91. The van der Waals surface area contributed by atoms with Gasteiger partial charge < -0.3 is 10.2 Å². The van der Waals surface area contributed by atoms with Crippen LogP contribution in [0.3, 0.4) is 0 Å². The third kappa shape index (κ3) is 3.88. The first kappa shape index (κ1) is 15.9. The first-order valence-electron chi connectivity index (χ1n) is 7.72. The predicted molar refractivity (Wildman–Crippen MR) is 94.5 cm³/mol. The van der Waals surface area contributed by atoms with Crippen LogP contribution in [0.1, 0.15) is 18.5 Å². The summed E-state index contributed by atoms with van der Waals surface area (Å²) in [5.41, 5.74) is 1.74. The molecule has 0 atom stereocenters. The molecule has 1 N–H and O–H groups in total. The maximum absolute atomic E-state index is 12.4. The van der Waals surface area contributed by atoms with Gasteiger partial charge in [0.1, 0.15) is 5.82 Å². The van der Waals surface area contributed by atoms with E-state index in [1.54, 1.807) is 12.4 Å². The predicted octanol–water partition coefficient (Wildman–Crippen LogP) is 3.40. The van der Waals surface area contributed by atoms with Gasteiger partial charge in [0.05, 0.1) is 17.6 Å². The molecular weight excluding hydrogens is 356 g/mol. The molecule has 0 aliphatic carbocycles. The monoisotopic (exact) mass is 374 g/mol. The van der Waals surface area contributed by atoms with Crippen LogP contribution < -0.4 is 10.2 Å². The quantitative estimate of drug-likeness (QED) is 0.894. The minimum Gasteiger partial charge on any atom is -0.355 e. The minimum atomic E-state index is 0.0381. The average molecular weight is 375 g/mol. The maximum Gasteiger partial charge on any atom is 0.227 e. The number of para-hydroxylation sites is 1. The van der Waals surface area contributed by atoms with Crippen LogP contribution in [0.25, 0.3) is 0 Å². The maximum atomic E-state index is 12.4. The lowest BCUT2D eigenvalue weighted by molar-refractivity contribution is -0.120. The van der Waals surface area contributed by atoms with Gasteiger partial charge in [0.2, 0.25) is 5.91 Å². The summed E-state index contributed by atoms with van der Waals surface area (Å²) in [4.78, 5) is 23.3. The molecule has 0 saturated carbocycles. The fourth-order valence-corrected chi connectivity index (χ4v) is 3.15. The summed E-state index contributed by atoms with van der Waals surface area (Å²) in [7, 11) is 0. The number of hydrogen-bond donors (Lipinski definition) is 1. The van der Waals surface area contributed by atoms with Crippen molar-refractivity contribution in [1.29, 1.82) is 0 Å². The van der Waals surface area contributed by atoms with Crippen LogP contribution in [0.15, 0.2) is 41.1 Å². The van der Waals surface area contributed by atoms with E-state index in [0.717, 1.165) is 47.6 Å². The second kappa shape index (κ2) is 7.08. The molecule has 2 heterocycles. The van der Waals surface area contributed by atoms with E-state index in [1.807, 2.05) is 31.2 Å². The zero-order valence-corrected chi connectivity index (χ0v) is 14.6. The van der Waals surface area contributed by atoms with Gasteiger partial charge in [-0.1, -0.05) is 12.1 Å². The Hall–Kier alpha value is -1.95. The van der Waals surface area contributed by atoms with E-state index in [9.17, 15) is 4.79 Å². The Labute approximate surface area is 144 Å². The third-order valence-electron chi connectivity index (χ3n) is 4.06. The van der Waals surface area contributed by atoms with E-state index in [-0.39, 0.29) is 11.8 Å². The zero-order valence-electron chi connectivity index (χ0n) is 13.0. The summed E-state index contributed by atoms with van der Waals surface area (Å²) in [5.74, 6) is 1.03. The van der Waals surface area contributed by atoms with E-state index in [0.29, 0.717) is 0 Å². The van der Waals surface area contributed by atoms with Crippen molar-refractivity contribution in [2.45, 2.75) is 19.8 Å². The molecule has 5 nitrogen and oxygen atoms in total. The molecule has 0 bridgehead atoms. The van der Waals surface area contributed by atoms with Crippen molar-refractivity contribution in [3.05, 3.63) is 46.8 Å². The van der Waals surface area contributed by atoms with E-state index in [1.165, 1.54) is 0 Å². The number of carbonyl (C=O) groups is 1. The SMILES string of the molecule is Cc1cncc(N2CCC(C(=O)Nc3ccccc3Br)CC2)n1. The van der Waals surface area contributed by atoms with Crippen molar-refractivity contribution in [3.8, 4) is 0 Å². The Bertz CT molecular complexity index is 698. The molecule has 0 unspecified atom stereocenters. The number of nitrogens with one attached hydrogen (secondary N) is 1. The number of rotatable bonds is 3. The van der Waals surface area contributed by atoms with Gasteiger partial charge in [-0.05, 0) is 47.8 Å². The van der Waals surface area contributed by atoms with Gasteiger partial charge in [0, 0.05) is 29.7 Å². The van der Waals surface area contributed by atoms with Gasteiger partial charge in [-0.15, -0.1) is 0 Å². The number of halogens is 1. The Morgan fingerprint density at radius 3 is 2.70 bits per heavy atom. The highest BCUT2D eigenvalue weighted by atomic mass is 79.9. The third-order valence-corrected chi connectivity index (χ3v) is 4.76. The Morgan fingerprint density at radius 2 is 2.00 bits per heavy atom. The highest BCUT2D eigenvalue weighted by Gasteiger charge is 2.26. The summed E-state index contributed by atoms with van der Waals surface area (Å²) in [6.45, 7) is 3.59. The molecule has 2 aromatic rings. The summed E-state index contributed by atoms with van der Waals surface area (Å²) >= 11 is 3.46. The Morgan fingerprint density at radius 1 is 1.26 bits per heavy atom. The van der Waals surface area contributed by atoms with Crippen molar-refractivity contribution in [1.82, 2.24) is 9.97 Å². The molecule has 1 aromatic heterocycles. The van der Waals surface area contributed by atoms with Crippen molar-refractivity contribution in [3.63, 3.8) is 0 Å². The lowest BCUT2D eigenvalue weighted by Crippen LogP contribution is -2.38. The number of hydrogen-bond acceptors (Lipinski definition) is 4. The van der Waals surface area contributed by atoms with Crippen LogP contribution in [0.4, 0.5) is 11.5 Å². The summed E-state index contributed by atoms with van der Waals surface area (Å²) in [6.07, 6.45) is 5.19. The largest absolute Gasteiger partial charge is 0.355 e. The van der Waals surface area contributed by atoms with Gasteiger partial charge in [0.25, 0.3) is 0 Å². The molecule has 3 rings (SSSR count). The van der Waals surface area contributed by atoms with Gasteiger partial charge in [-0.3, -0.25) is 9.78 Å². The summed E-state index contributed by atoms with van der Waals surface area (Å²) in [5, 5.41) is 3.01. The van der Waals surface area contributed by atoms with Crippen molar-refractivity contribution < 1.29 is 4.79 Å². The minimum absolute atomic E-state index is 0.0381. The average Bonchev–Trinajstić information content (AvgIpc) is 2.57. The first-order valence-corrected chi connectivity index (χ1v) is 8.52. The molecule has 1 saturated heterocycles. The van der Waals surface area contributed by atoms with E-state index in [4.69, 9.17) is 0 Å². The number of benzene rings is 1. The molecule has 6 heteroatoms. The van der Waals surface area contributed by atoms with Crippen molar-refractivity contribution in [2.75, 3.05) is 23.3 Å². The lowest BCUT2D eigenvalue weighted by atomic mass is 9.96. The molecule has 1 aliphatic rings. The first-order chi connectivity index (χ1) is 11.1. The molecular formula is C17H19BrN4O. The standard InChI is InChI=1S/C17H19BrN4O/c1-12-10-19-11-16(20-12)22-8-6-13(7-9-22)17(23)21-15-5-3-2-4-14(15)18/h2-5,10-11,13H,6-9H2,1H3,(H,21,23). The topological polar surface area (TPSA) is 58.1 Å². The molecule has 1 fully saturated rings. The molecule has 23 heavy (non-hydrogen) atoms. The highest BCUT2D eigenvalue weighted by Crippen LogP contribution is 2.25. The van der Waals surface area contributed by atoms with Crippen LogP contribution in [-0.2, 0) is 4.79 Å². The van der Waals surface area contributed by atoms with Gasteiger partial charge >= 0.3 is 0 Å². The normalized spacial score (nSPS) is 15.5. The number of anilines is 2. The van der Waals surface area contributed by atoms with Crippen LogP contribution in [0.2, 0.25) is 0 Å². The van der Waals surface area contributed by atoms with E-state index >= 15 is 0 Å². The van der Waals surface area contributed by atoms with Crippen LogP contribution in [0, 0.1) is 12.8 Å². The second-order valence-corrected chi connectivity index (χ2v) is 6.60. The molecule has 1 aliphatic heterocycles. The number of aryl methyl sites for hydroxylation is 1. The number of nitrogens with zero attached hydrogens (tertiary/aromatic N) is 3. The van der Waals surface area contributed by atoms with Gasteiger partial charge in [-0.2, -0.15) is 0 Å². The molecule has 0 radical (unpaired) electrons. The van der Waals surface area contributed by atoms with Crippen LogP contribution in [0.5, 0.6) is 0 Å². The second-order valence-electron chi connectivity index (χ2n) is 5.75. The van der Waals surface area contributed by atoms with E-state index in [2.05, 4.69) is 36.1 Å². The zero-order chi connectivity index (χ0) is 16.2. The van der Waals surface area contributed by atoms with Crippen molar-refractivity contribution >= 4 is 33.3 Å². The highest BCUT2D eigenvalue weighted by molar-refractivity contribution is 9.10. The van der Waals surface area contributed by atoms with Gasteiger partial charge in [-0.25, -0.2) is 4.98 Å². The molecule has 1 aromatic carbocycles. The van der Waals surface area contributed by atoms with Crippen molar-refractivity contribution in [2.24, 2.45) is 5.92 Å². The van der Waals surface area contributed by atoms with Crippen LogP contribution in [-0.4, -0.2) is 29.0 Å². The summed E-state index contributed by atoms with van der Waals surface area (Å²) in [6, 6.07) is 7.68. The number of aromatic nitrogens is 2. The summed E-state index contributed by atoms with van der Waals surface area (Å²) < 4.78 is 0.904. The Balaban J connectivity index is 1.58.